The average molecular weight is 375 g/mol. The van der Waals surface area contributed by atoms with Gasteiger partial charge in [0.15, 0.2) is 0 Å². The molecule has 0 atom stereocenters. The number of carbonyl (C=O) groups excluding carboxylic acids is 1. The highest BCUT2D eigenvalue weighted by Gasteiger charge is 2.28. The van der Waals surface area contributed by atoms with E-state index in [1.165, 1.54) is 5.39 Å². The third-order valence-corrected chi connectivity index (χ3v) is 4.65. The van der Waals surface area contributed by atoms with Crippen molar-refractivity contribution in [3.05, 3.63) is 72.3 Å². The molecule has 0 unspecified atom stereocenters. The first-order chi connectivity index (χ1) is 13.1. The number of anilines is 2. The first-order valence-electron chi connectivity index (χ1n) is 9.81. The zero-order valence-corrected chi connectivity index (χ0v) is 17.5. The summed E-state index contributed by atoms with van der Waals surface area (Å²) in [5.74, 6) is -0.0578. The minimum atomic E-state index is -0.290. The number of benzene rings is 3. The number of para-hydroxylation sites is 1. The Labute approximate surface area is 168 Å². The molecule has 0 aliphatic heterocycles. The summed E-state index contributed by atoms with van der Waals surface area (Å²) in [6.45, 7) is 10.7. The van der Waals surface area contributed by atoms with Crippen LogP contribution >= 0.6 is 0 Å². The van der Waals surface area contributed by atoms with E-state index in [0.29, 0.717) is 5.56 Å². The second-order valence-corrected chi connectivity index (χ2v) is 9.27. The molecular weight excluding hydrogens is 344 g/mol. The molecule has 0 saturated carbocycles. The van der Waals surface area contributed by atoms with Gasteiger partial charge in [-0.2, -0.15) is 0 Å². The van der Waals surface area contributed by atoms with Gasteiger partial charge in [0.2, 0.25) is 0 Å². The normalized spacial score (nSPS) is 12.0. The second-order valence-electron chi connectivity index (χ2n) is 9.27. The molecule has 3 aromatic carbocycles. The van der Waals surface area contributed by atoms with Crippen LogP contribution in [0.1, 0.15) is 51.4 Å². The van der Waals surface area contributed by atoms with E-state index in [1.54, 1.807) is 0 Å². The fourth-order valence-electron chi connectivity index (χ4n) is 4.01. The van der Waals surface area contributed by atoms with Crippen molar-refractivity contribution in [2.24, 2.45) is 5.41 Å². The van der Waals surface area contributed by atoms with Crippen LogP contribution in [0.3, 0.4) is 0 Å². The number of nitrogens with one attached hydrogen (secondary N) is 2. The molecule has 2 N–H and O–H groups in total. The van der Waals surface area contributed by atoms with Crippen molar-refractivity contribution in [1.29, 1.82) is 0 Å². The van der Waals surface area contributed by atoms with Crippen LogP contribution in [0.2, 0.25) is 0 Å². The van der Waals surface area contributed by atoms with Crippen LogP contribution in [0, 0.1) is 5.41 Å². The van der Waals surface area contributed by atoms with Crippen LogP contribution < -0.4 is 10.6 Å². The molecular formula is C25H30N2O. The zero-order valence-electron chi connectivity index (χ0n) is 17.5. The number of amides is 1. The quantitative estimate of drug-likeness (QED) is 0.533. The predicted molar refractivity (Wildman–Crippen MR) is 119 cm³/mol. The molecule has 146 valence electrons. The van der Waals surface area contributed by atoms with Crippen LogP contribution in [-0.4, -0.2) is 11.4 Å². The van der Waals surface area contributed by atoms with Crippen molar-refractivity contribution in [1.82, 2.24) is 5.32 Å². The third kappa shape index (κ3) is 4.92. The summed E-state index contributed by atoms with van der Waals surface area (Å²) < 4.78 is 0. The maximum atomic E-state index is 13.1. The van der Waals surface area contributed by atoms with Crippen molar-refractivity contribution in [2.45, 2.75) is 46.6 Å². The van der Waals surface area contributed by atoms with Crippen molar-refractivity contribution in [3.8, 4) is 0 Å². The van der Waals surface area contributed by atoms with E-state index in [2.05, 4.69) is 63.5 Å². The van der Waals surface area contributed by atoms with Crippen LogP contribution in [0.4, 0.5) is 11.4 Å². The molecule has 0 aromatic heterocycles. The van der Waals surface area contributed by atoms with E-state index in [4.69, 9.17) is 0 Å². The Kier molecular flexibility index (Phi) is 5.46. The van der Waals surface area contributed by atoms with Crippen LogP contribution in [-0.2, 0) is 0 Å². The highest BCUT2D eigenvalue weighted by Crippen LogP contribution is 2.30. The summed E-state index contributed by atoms with van der Waals surface area (Å²) in [6.07, 6.45) is 0.894. The van der Waals surface area contributed by atoms with Gasteiger partial charge in [-0.1, -0.05) is 69.3 Å². The highest BCUT2D eigenvalue weighted by atomic mass is 16.1. The average Bonchev–Trinajstić information content (AvgIpc) is 2.60. The van der Waals surface area contributed by atoms with Gasteiger partial charge in [0.1, 0.15) is 0 Å². The SMILES string of the molecule is CC(C)(C)CC(C)(C)NC(=O)c1ccccc1Nc1cccc2ccccc12. The van der Waals surface area contributed by atoms with Crippen LogP contribution in [0.25, 0.3) is 10.8 Å². The largest absolute Gasteiger partial charge is 0.354 e. The first kappa shape index (κ1) is 19.9. The monoisotopic (exact) mass is 374 g/mol. The summed E-state index contributed by atoms with van der Waals surface area (Å²) in [7, 11) is 0. The first-order valence-corrected chi connectivity index (χ1v) is 9.81. The smallest absolute Gasteiger partial charge is 0.253 e. The maximum absolute atomic E-state index is 13.1. The van der Waals surface area contributed by atoms with E-state index in [1.807, 2.05) is 48.5 Å². The number of carbonyl (C=O) groups is 1. The van der Waals surface area contributed by atoms with Gasteiger partial charge in [-0.3, -0.25) is 4.79 Å². The van der Waals surface area contributed by atoms with Crippen molar-refractivity contribution in [2.75, 3.05) is 5.32 Å². The van der Waals surface area contributed by atoms with Gasteiger partial charge in [-0.25, -0.2) is 0 Å². The van der Waals surface area contributed by atoms with E-state index >= 15 is 0 Å². The van der Waals surface area contributed by atoms with Crippen LogP contribution in [0.5, 0.6) is 0 Å². The molecule has 1 amide bonds. The summed E-state index contributed by atoms with van der Waals surface area (Å²) in [5, 5.41) is 8.98. The van der Waals surface area contributed by atoms with Crippen LogP contribution in [0.15, 0.2) is 66.7 Å². The molecule has 0 bridgehead atoms. The van der Waals surface area contributed by atoms with Gasteiger partial charge >= 0.3 is 0 Å². The highest BCUT2D eigenvalue weighted by molar-refractivity contribution is 6.02. The third-order valence-electron chi connectivity index (χ3n) is 4.65. The maximum Gasteiger partial charge on any atom is 0.253 e. The molecule has 3 aromatic rings. The Balaban J connectivity index is 1.88. The number of fused-ring (bicyclic) bond motifs is 1. The Bertz CT molecular complexity index is 978. The molecule has 0 heterocycles. The molecule has 0 radical (unpaired) electrons. The molecule has 3 heteroatoms. The lowest BCUT2D eigenvalue weighted by atomic mass is 9.81. The topological polar surface area (TPSA) is 41.1 Å². The standard InChI is InChI=1S/C25H30N2O/c1-24(2,3)17-25(4,5)27-23(28)20-14-8-9-15-22(20)26-21-16-10-12-18-11-6-7-13-19(18)21/h6-16,26H,17H2,1-5H3,(H,27,28). The van der Waals surface area contributed by atoms with Gasteiger partial charge < -0.3 is 10.6 Å². The summed E-state index contributed by atoms with van der Waals surface area (Å²) in [5.41, 5.74) is 2.30. The molecule has 28 heavy (non-hydrogen) atoms. The fourth-order valence-corrected chi connectivity index (χ4v) is 4.01. The lowest BCUT2D eigenvalue weighted by Gasteiger charge is -2.33. The lowest BCUT2D eigenvalue weighted by molar-refractivity contribution is 0.0892. The van der Waals surface area contributed by atoms with Crippen molar-refractivity contribution >= 4 is 28.1 Å². The number of hydrogen-bond donors (Lipinski definition) is 2. The Hall–Kier alpha value is -2.81. The number of hydrogen-bond acceptors (Lipinski definition) is 2. The van der Waals surface area contributed by atoms with E-state index in [-0.39, 0.29) is 16.9 Å². The van der Waals surface area contributed by atoms with Crippen molar-refractivity contribution in [3.63, 3.8) is 0 Å². The molecule has 0 saturated heterocycles. The van der Waals surface area contributed by atoms with Gasteiger partial charge in [-0.05, 0) is 49.3 Å². The van der Waals surface area contributed by atoms with E-state index < -0.39 is 0 Å². The molecule has 3 nitrogen and oxygen atoms in total. The summed E-state index contributed by atoms with van der Waals surface area (Å²) in [6, 6.07) is 22.1. The Morgan fingerprint density at radius 2 is 1.39 bits per heavy atom. The van der Waals surface area contributed by atoms with E-state index in [0.717, 1.165) is 23.2 Å². The fraction of sp³-hybridized carbons (Fsp3) is 0.320. The molecule has 0 aliphatic carbocycles. The number of rotatable bonds is 5. The van der Waals surface area contributed by atoms with Crippen molar-refractivity contribution < 1.29 is 4.79 Å². The molecule has 0 aliphatic rings. The molecule has 0 spiro atoms. The van der Waals surface area contributed by atoms with Gasteiger partial charge in [0, 0.05) is 16.6 Å². The van der Waals surface area contributed by atoms with Gasteiger partial charge in [0.25, 0.3) is 5.91 Å². The minimum absolute atomic E-state index is 0.0578. The Morgan fingerprint density at radius 3 is 2.14 bits per heavy atom. The zero-order chi connectivity index (χ0) is 20.4. The summed E-state index contributed by atoms with van der Waals surface area (Å²) in [4.78, 5) is 13.1. The van der Waals surface area contributed by atoms with Gasteiger partial charge in [-0.15, -0.1) is 0 Å². The van der Waals surface area contributed by atoms with E-state index in [9.17, 15) is 4.79 Å². The van der Waals surface area contributed by atoms with Gasteiger partial charge in [0.05, 0.1) is 11.3 Å². The Morgan fingerprint density at radius 1 is 0.786 bits per heavy atom. The summed E-state index contributed by atoms with van der Waals surface area (Å²) >= 11 is 0. The molecule has 0 fully saturated rings. The second kappa shape index (κ2) is 7.67. The minimum Gasteiger partial charge on any atom is -0.354 e. The lowest BCUT2D eigenvalue weighted by Crippen LogP contribution is -2.45. The molecule has 3 rings (SSSR count). The predicted octanol–water partition coefficient (Wildman–Crippen LogP) is 6.53.